The molecule has 1 aromatic carbocycles. The lowest BCUT2D eigenvalue weighted by molar-refractivity contribution is -0.384. The van der Waals surface area contributed by atoms with E-state index in [9.17, 15) is 19.7 Å². The van der Waals surface area contributed by atoms with Crippen LogP contribution in [-0.4, -0.2) is 79.0 Å². The monoisotopic (exact) mass is 362 g/mol. The van der Waals surface area contributed by atoms with Gasteiger partial charge in [0.1, 0.15) is 5.69 Å². The Morgan fingerprint density at radius 2 is 1.69 bits per heavy atom. The van der Waals surface area contributed by atoms with E-state index in [4.69, 9.17) is 4.74 Å². The Bertz CT molecular complexity index is 709. The molecule has 9 nitrogen and oxygen atoms in total. The van der Waals surface area contributed by atoms with E-state index >= 15 is 0 Å². The Balaban J connectivity index is 1.80. The molecular formula is C17H22N4O5. The summed E-state index contributed by atoms with van der Waals surface area (Å²) >= 11 is 0. The number of anilines is 1. The molecule has 1 aromatic rings. The minimum Gasteiger partial charge on any atom is -0.378 e. The third-order valence-corrected chi connectivity index (χ3v) is 4.78. The number of nitro benzene ring substituents is 1. The van der Waals surface area contributed by atoms with Gasteiger partial charge in [-0.05, 0) is 12.1 Å². The maximum absolute atomic E-state index is 12.6. The summed E-state index contributed by atoms with van der Waals surface area (Å²) in [5.41, 5.74) is 0.710. The first-order valence-corrected chi connectivity index (χ1v) is 8.63. The van der Waals surface area contributed by atoms with Gasteiger partial charge in [-0.1, -0.05) is 0 Å². The molecule has 0 aromatic heterocycles. The number of carbonyl (C=O) groups excluding carboxylic acids is 2. The van der Waals surface area contributed by atoms with Crippen LogP contribution in [0, 0.1) is 10.1 Å². The van der Waals surface area contributed by atoms with Gasteiger partial charge >= 0.3 is 0 Å². The van der Waals surface area contributed by atoms with Gasteiger partial charge in [0, 0.05) is 57.8 Å². The number of hydrogen-bond acceptors (Lipinski definition) is 6. The highest BCUT2D eigenvalue weighted by atomic mass is 16.6. The molecule has 26 heavy (non-hydrogen) atoms. The lowest BCUT2D eigenvalue weighted by Gasteiger charge is -2.35. The summed E-state index contributed by atoms with van der Waals surface area (Å²) in [5.74, 6) is -0.213. The fraction of sp³-hybridized carbons (Fsp3) is 0.529. The fourth-order valence-electron chi connectivity index (χ4n) is 3.28. The van der Waals surface area contributed by atoms with Crippen molar-refractivity contribution in [3.8, 4) is 0 Å². The van der Waals surface area contributed by atoms with Gasteiger partial charge in [0.15, 0.2) is 0 Å². The number of benzene rings is 1. The number of morpholine rings is 1. The van der Waals surface area contributed by atoms with Gasteiger partial charge in [-0.15, -0.1) is 0 Å². The van der Waals surface area contributed by atoms with Gasteiger partial charge in [0.25, 0.3) is 11.6 Å². The molecule has 2 amide bonds. The summed E-state index contributed by atoms with van der Waals surface area (Å²) in [4.78, 5) is 40.4. The van der Waals surface area contributed by atoms with Crippen LogP contribution in [0.2, 0.25) is 0 Å². The number of hydrogen-bond donors (Lipinski definition) is 0. The smallest absolute Gasteiger partial charge is 0.293 e. The Labute approximate surface area is 151 Å². The minimum atomic E-state index is -0.456. The van der Waals surface area contributed by atoms with Gasteiger partial charge in [0.2, 0.25) is 5.91 Å². The van der Waals surface area contributed by atoms with Crippen molar-refractivity contribution in [2.24, 2.45) is 0 Å². The van der Waals surface area contributed by atoms with Crippen molar-refractivity contribution in [3.05, 3.63) is 33.9 Å². The standard InChI is InChI=1S/C17H22N4O5/c1-13(22)18-4-6-19(7-5-18)15-3-2-14(12-16(15)21(24)25)17(23)20-8-10-26-11-9-20/h2-3,12H,4-11H2,1H3. The van der Waals surface area contributed by atoms with E-state index in [1.54, 1.807) is 21.9 Å². The molecule has 2 aliphatic rings. The van der Waals surface area contributed by atoms with E-state index in [0.717, 1.165) is 0 Å². The molecular weight excluding hydrogens is 340 g/mol. The molecule has 140 valence electrons. The Kier molecular flexibility index (Phi) is 5.36. The number of amides is 2. The molecule has 3 rings (SSSR count). The van der Waals surface area contributed by atoms with E-state index in [0.29, 0.717) is 63.7 Å². The summed E-state index contributed by atoms with van der Waals surface area (Å²) in [5, 5.41) is 11.6. The van der Waals surface area contributed by atoms with Crippen LogP contribution in [-0.2, 0) is 9.53 Å². The maximum atomic E-state index is 12.6. The van der Waals surface area contributed by atoms with Crippen LogP contribution < -0.4 is 4.90 Å². The number of ether oxygens (including phenoxy) is 1. The Hall–Kier alpha value is -2.68. The third kappa shape index (κ3) is 3.77. The van der Waals surface area contributed by atoms with Crippen LogP contribution in [0.1, 0.15) is 17.3 Å². The number of nitrogens with zero attached hydrogens (tertiary/aromatic N) is 4. The second-order valence-corrected chi connectivity index (χ2v) is 6.36. The van der Waals surface area contributed by atoms with Crippen LogP contribution in [0.4, 0.5) is 11.4 Å². The molecule has 2 heterocycles. The quantitative estimate of drug-likeness (QED) is 0.581. The van der Waals surface area contributed by atoms with E-state index < -0.39 is 4.92 Å². The summed E-state index contributed by atoms with van der Waals surface area (Å²) in [6.45, 7) is 5.56. The van der Waals surface area contributed by atoms with Crippen molar-refractivity contribution >= 4 is 23.2 Å². The summed E-state index contributed by atoms with van der Waals surface area (Å²) in [6, 6.07) is 4.62. The van der Waals surface area contributed by atoms with Crippen LogP contribution in [0.3, 0.4) is 0 Å². The summed E-state index contributed by atoms with van der Waals surface area (Å²) in [7, 11) is 0. The van der Waals surface area contributed by atoms with Crippen molar-refractivity contribution in [1.82, 2.24) is 9.80 Å². The zero-order valence-corrected chi connectivity index (χ0v) is 14.7. The predicted octanol–water partition coefficient (Wildman–Crippen LogP) is 0.736. The Morgan fingerprint density at radius 3 is 2.27 bits per heavy atom. The second kappa shape index (κ2) is 7.69. The molecule has 9 heteroatoms. The number of nitro groups is 1. The van der Waals surface area contributed by atoms with Gasteiger partial charge in [-0.3, -0.25) is 19.7 Å². The third-order valence-electron chi connectivity index (χ3n) is 4.78. The molecule has 0 saturated carbocycles. The SMILES string of the molecule is CC(=O)N1CCN(c2ccc(C(=O)N3CCOCC3)cc2[N+](=O)[O-])CC1. The number of carbonyl (C=O) groups is 2. The van der Waals surface area contributed by atoms with Crippen LogP contribution in [0.5, 0.6) is 0 Å². The molecule has 0 atom stereocenters. The van der Waals surface area contributed by atoms with Crippen molar-refractivity contribution in [1.29, 1.82) is 0 Å². The number of piperazine rings is 1. The first kappa shape index (κ1) is 18.1. The van der Waals surface area contributed by atoms with E-state index in [1.165, 1.54) is 13.0 Å². The minimum absolute atomic E-state index is 0.00519. The van der Waals surface area contributed by atoms with Crippen molar-refractivity contribution in [3.63, 3.8) is 0 Å². The normalized spacial score (nSPS) is 18.0. The maximum Gasteiger partial charge on any atom is 0.293 e. The largest absolute Gasteiger partial charge is 0.378 e. The Morgan fingerprint density at radius 1 is 1.04 bits per heavy atom. The molecule has 0 aliphatic carbocycles. The summed E-state index contributed by atoms with van der Waals surface area (Å²) in [6.07, 6.45) is 0. The van der Waals surface area contributed by atoms with Crippen molar-refractivity contribution in [2.75, 3.05) is 57.4 Å². The van der Waals surface area contributed by atoms with Gasteiger partial charge < -0.3 is 19.4 Å². The lowest BCUT2D eigenvalue weighted by atomic mass is 10.1. The zero-order chi connectivity index (χ0) is 18.7. The zero-order valence-electron chi connectivity index (χ0n) is 14.7. The molecule has 0 radical (unpaired) electrons. The fourth-order valence-corrected chi connectivity index (χ4v) is 3.28. The topological polar surface area (TPSA) is 96.2 Å². The van der Waals surface area contributed by atoms with E-state index in [-0.39, 0.29) is 17.5 Å². The van der Waals surface area contributed by atoms with E-state index in [1.807, 2.05) is 4.90 Å². The first-order valence-electron chi connectivity index (χ1n) is 8.63. The van der Waals surface area contributed by atoms with Crippen LogP contribution in [0.15, 0.2) is 18.2 Å². The molecule has 0 spiro atoms. The highest BCUT2D eigenvalue weighted by molar-refractivity contribution is 5.96. The van der Waals surface area contributed by atoms with E-state index in [2.05, 4.69) is 0 Å². The molecule has 0 N–H and O–H groups in total. The summed E-state index contributed by atoms with van der Waals surface area (Å²) < 4.78 is 5.23. The van der Waals surface area contributed by atoms with Crippen LogP contribution in [0.25, 0.3) is 0 Å². The first-order chi connectivity index (χ1) is 12.5. The van der Waals surface area contributed by atoms with Gasteiger partial charge in [-0.25, -0.2) is 0 Å². The second-order valence-electron chi connectivity index (χ2n) is 6.36. The highest BCUT2D eigenvalue weighted by Crippen LogP contribution is 2.30. The molecule has 0 unspecified atom stereocenters. The average molecular weight is 362 g/mol. The molecule has 2 aliphatic heterocycles. The van der Waals surface area contributed by atoms with Crippen LogP contribution >= 0.6 is 0 Å². The van der Waals surface area contributed by atoms with Crippen molar-refractivity contribution < 1.29 is 19.2 Å². The van der Waals surface area contributed by atoms with Gasteiger partial charge in [0.05, 0.1) is 18.1 Å². The predicted molar refractivity (Wildman–Crippen MR) is 94.3 cm³/mol. The average Bonchev–Trinajstić information content (AvgIpc) is 2.67. The number of rotatable bonds is 3. The molecule has 0 bridgehead atoms. The molecule has 2 fully saturated rings. The lowest BCUT2D eigenvalue weighted by Crippen LogP contribution is -2.48. The highest BCUT2D eigenvalue weighted by Gasteiger charge is 2.27. The molecule has 2 saturated heterocycles. The van der Waals surface area contributed by atoms with Crippen molar-refractivity contribution in [2.45, 2.75) is 6.92 Å². The van der Waals surface area contributed by atoms with Gasteiger partial charge in [-0.2, -0.15) is 0 Å².